The first-order valence-corrected chi connectivity index (χ1v) is 6.20. The molecule has 84 valence electrons. The van der Waals surface area contributed by atoms with Gasteiger partial charge in [0.2, 0.25) is 0 Å². The van der Waals surface area contributed by atoms with Crippen LogP contribution in [0.2, 0.25) is 0 Å². The summed E-state index contributed by atoms with van der Waals surface area (Å²) < 4.78 is 0. The van der Waals surface area contributed by atoms with Crippen molar-refractivity contribution >= 4 is 0 Å². The Balaban J connectivity index is 2.50. The van der Waals surface area contributed by atoms with Gasteiger partial charge in [-0.3, -0.25) is 4.90 Å². The molecule has 0 heterocycles. The van der Waals surface area contributed by atoms with Gasteiger partial charge in [0.05, 0.1) is 0 Å². The standard InChI is InChI=1S/C12H26N2/c1-4-10(3)14(5-2)12-8-6-7-11(13)9-12/h10-12H,4-9,13H2,1-3H3/t10?,11-,12+/m1/s1. The summed E-state index contributed by atoms with van der Waals surface area (Å²) in [5.41, 5.74) is 6.03. The van der Waals surface area contributed by atoms with Gasteiger partial charge in [0.25, 0.3) is 0 Å². The number of rotatable bonds is 4. The quantitative estimate of drug-likeness (QED) is 0.751. The van der Waals surface area contributed by atoms with Crippen LogP contribution in [0.1, 0.15) is 52.9 Å². The average Bonchev–Trinajstić information content (AvgIpc) is 2.19. The minimum Gasteiger partial charge on any atom is -0.328 e. The van der Waals surface area contributed by atoms with Crippen LogP contribution in [0.15, 0.2) is 0 Å². The molecule has 0 amide bonds. The first kappa shape index (κ1) is 12.0. The van der Waals surface area contributed by atoms with E-state index >= 15 is 0 Å². The molecule has 0 aliphatic heterocycles. The van der Waals surface area contributed by atoms with Crippen LogP contribution in [0.4, 0.5) is 0 Å². The van der Waals surface area contributed by atoms with E-state index in [1.54, 1.807) is 0 Å². The van der Waals surface area contributed by atoms with Crippen LogP contribution in [0.3, 0.4) is 0 Å². The van der Waals surface area contributed by atoms with Crippen molar-refractivity contribution in [3.63, 3.8) is 0 Å². The molecule has 0 radical (unpaired) electrons. The van der Waals surface area contributed by atoms with Gasteiger partial charge in [-0.05, 0) is 39.2 Å². The van der Waals surface area contributed by atoms with E-state index in [0.29, 0.717) is 6.04 Å². The van der Waals surface area contributed by atoms with Gasteiger partial charge in [0.1, 0.15) is 0 Å². The number of hydrogen-bond acceptors (Lipinski definition) is 2. The van der Waals surface area contributed by atoms with Crippen LogP contribution in [0.25, 0.3) is 0 Å². The van der Waals surface area contributed by atoms with Crippen LogP contribution in [-0.4, -0.2) is 29.6 Å². The molecule has 0 saturated heterocycles. The van der Waals surface area contributed by atoms with Gasteiger partial charge in [-0.2, -0.15) is 0 Å². The summed E-state index contributed by atoms with van der Waals surface area (Å²) in [6, 6.07) is 1.92. The van der Waals surface area contributed by atoms with E-state index in [2.05, 4.69) is 25.7 Å². The third kappa shape index (κ3) is 2.96. The Morgan fingerprint density at radius 1 is 1.36 bits per heavy atom. The summed E-state index contributed by atoms with van der Waals surface area (Å²) in [4.78, 5) is 2.64. The fraction of sp³-hybridized carbons (Fsp3) is 1.00. The summed E-state index contributed by atoms with van der Waals surface area (Å²) in [6.45, 7) is 8.05. The van der Waals surface area contributed by atoms with Crippen molar-refractivity contribution in [1.82, 2.24) is 4.90 Å². The molecule has 2 N–H and O–H groups in total. The maximum absolute atomic E-state index is 6.03. The summed E-state index contributed by atoms with van der Waals surface area (Å²) in [5, 5.41) is 0. The molecule has 1 aliphatic rings. The van der Waals surface area contributed by atoms with Crippen LogP contribution in [0.5, 0.6) is 0 Å². The van der Waals surface area contributed by atoms with Crippen molar-refractivity contribution in [3.8, 4) is 0 Å². The second-order valence-corrected chi connectivity index (χ2v) is 4.67. The molecule has 1 rings (SSSR count). The Morgan fingerprint density at radius 2 is 2.07 bits per heavy atom. The fourth-order valence-corrected chi connectivity index (χ4v) is 2.67. The Labute approximate surface area is 88.8 Å². The molecule has 1 fully saturated rings. The van der Waals surface area contributed by atoms with Crippen molar-refractivity contribution in [2.75, 3.05) is 6.54 Å². The molecule has 0 aromatic carbocycles. The van der Waals surface area contributed by atoms with Crippen molar-refractivity contribution in [1.29, 1.82) is 0 Å². The lowest BCUT2D eigenvalue weighted by Crippen LogP contribution is -2.46. The first-order chi connectivity index (χ1) is 6.69. The zero-order valence-electron chi connectivity index (χ0n) is 10.00. The summed E-state index contributed by atoms with van der Waals surface area (Å²) in [5.74, 6) is 0. The van der Waals surface area contributed by atoms with Gasteiger partial charge in [-0.1, -0.05) is 20.3 Å². The molecule has 0 aromatic rings. The van der Waals surface area contributed by atoms with Gasteiger partial charge >= 0.3 is 0 Å². The average molecular weight is 198 g/mol. The second kappa shape index (κ2) is 5.72. The van der Waals surface area contributed by atoms with Gasteiger partial charge in [-0.25, -0.2) is 0 Å². The third-order valence-corrected chi connectivity index (χ3v) is 3.68. The van der Waals surface area contributed by atoms with E-state index in [4.69, 9.17) is 5.73 Å². The SMILES string of the molecule is CCC(C)N(CC)[C@H]1CCC[C@@H](N)C1. The van der Waals surface area contributed by atoms with Gasteiger partial charge < -0.3 is 5.73 Å². The van der Waals surface area contributed by atoms with Crippen molar-refractivity contribution in [3.05, 3.63) is 0 Å². The van der Waals surface area contributed by atoms with E-state index in [9.17, 15) is 0 Å². The molecule has 0 spiro atoms. The van der Waals surface area contributed by atoms with Gasteiger partial charge in [0.15, 0.2) is 0 Å². The van der Waals surface area contributed by atoms with E-state index in [1.807, 2.05) is 0 Å². The minimum atomic E-state index is 0.451. The van der Waals surface area contributed by atoms with Crippen molar-refractivity contribution in [2.45, 2.75) is 71.0 Å². The predicted octanol–water partition coefficient (Wildman–Crippen LogP) is 2.38. The molecule has 2 nitrogen and oxygen atoms in total. The Kier molecular flexibility index (Phi) is 4.90. The zero-order valence-corrected chi connectivity index (χ0v) is 10.00. The zero-order chi connectivity index (χ0) is 10.6. The highest BCUT2D eigenvalue weighted by Crippen LogP contribution is 2.24. The highest BCUT2D eigenvalue weighted by Gasteiger charge is 2.26. The number of hydrogen-bond donors (Lipinski definition) is 1. The van der Waals surface area contributed by atoms with Crippen molar-refractivity contribution < 1.29 is 0 Å². The lowest BCUT2D eigenvalue weighted by molar-refractivity contribution is 0.110. The summed E-state index contributed by atoms with van der Waals surface area (Å²) in [7, 11) is 0. The molecule has 2 heteroatoms. The smallest absolute Gasteiger partial charge is 0.0113 e. The maximum Gasteiger partial charge on any atom is 0.0113 e. The molecule has 0 bridgehead atoms. The Morgan fingerprint density at radius 3 is 2.57 bits per heavy atom. The Hall–Kier alpha value is -0.0800. The normalized spacial score (nSPS) is 30.6. The molecule has 1 saturated carbocycles. The van der Waals surface area contributed by atoms with Crippen LogP contribution in [-0.2, 0) is 0 Å². The minimum absolute atomic E-state index is 0.451. The van der Waals surface area contributed by atoms with E-state index < -0.39 is 0 Å². The van der Waals surface area contributed by atoms with Crippen LogP contribution < -0.4 is 5.73 Å². The highest BCUT2D eigenvalue weighted by molar-refractivity contribution is 4.83. The largest absolute Gasteiger partial charge is 0.328 e. The monoisotopic (exact) mass is 198 g/mol. The molecule has 3 atom stereocenters. The summed E-state index contributed by atoms with van der Waals surface area (Å²) in [6.07, 6.45) is 6.36. The van der Waals surface area contributed by atoms with Gasteiger partial charge in [-0.15, -0.1) is 0 Å². The highest BCUT2D eigenvalue weighted by atomic mass is 15.2. The number of nitrogens with two attached hydrogens (primary N) is 1. The Bertz CT molecular complexity index is 158. The lowest BCUT2D eigenvalue weighted by Gasteiger charge is -2.39. The van der Waals surface area contributed by atoms with E-state index in [-0.39, 0.29) is 0 Å². The van der Waals surface area contributed by atoms with Crippen molar-refractivity contribution in [2.24, 2.45) is 5.73 Å². The lowest BCUT2D eigenvalue weighted by atomic mass is 9.89. The maximum atomic E-state index is 6.03. The first-order valence-electron chi connectivity index (χ1n) is 6.20. The molecular weight excluding hydrogens is 172 g/mol. The number of nitrogens with zero attached hydrogens (tertiary/aromatic N) is 1. The fourth-order valence-electron chi connectivity index (χ4n) is 2.67. The summed E-state index contributed by atoms with van der Waals surface area (Å²) >= 11 is 0. The van der Waals surface area contributed by atoms with Crippen LogP contribution >= 0.6 is 0 Å². The van der Waals surface area contributed by atoms with Crippen LogP contribution in [0, 0.1) is 0 Å². The second-order valence-electron chi connectivity index (χ2n) is 4.67. The molecular formula is C12H26N2. The van der Waals surface area contributed by atoms with E-state index in [1.165, 1.54) is 38.6 Å². The third-order valence-electron chi connectivity index (χ3n) is 3.68. The topological polar surface area (TPSA) is 29.3 Å². The molecule has 14 heavy (non-hydrogen) atoms. The van der Waals surface area contributed by atoms with Gasteiger partial charge in [0, 0.05) is 18.1 Å². The predicted molar refractivity (Wildman–Crippen MR) is 62.4 cm³/mol. The molecule has 1 unspecified atom stereocenters. The molecule has 0 aromatic heterocycles. The van der Waals surface area contributed by atoms with E-state index in [0.717, 1.165) is 12.1 Å². The molecule has 1 aliphatic carbocycles.